The van der Waals surface area contributed by atoms with Gasteiger partial charge in [-0.2, -0.15) is 5.10 Å². The van der Waals surface area contributed by atoms with E-state index >= 15 is 0 Å². The Morgan fingerprint density at radius 1 is 1.15 bits per heavy atom. The Morgan fingerprint density at radius 3 is 2.78 bits per heavy atom. The largest absolute Gasteiger partial charge is 0.340 e. The molecule has 2 aromatic rings. The molecule has 0 fully saturated rings. The second kappa shape index (κ2) is 7.42. The quantitative estimate of drug-likeness (QED) is 0.842. The highest BCUT2D eigenvalue weighted by Crippen LogP contribution is 2.26. The number of amides is 1. The highest BCUT2D eigenvalue weighted by molar-refractivity contribution is 5.94. The minimum absolute atomic E-state index is 0.100. The summed E-state index contributed by atoms with van der Waals surface area (Å²) in [6, 6.07) is -0.182. The van der Waals surface area contributed by atoms with E-state index in [1.165, 1.54) is 12.1 Å². The minimum atomic E-state index is -0.182. The summed E-state index contributed by atoms with van der Waals surface area (Å²) in [5.41, 5.74) is 2.90. The number of carbonyl (C=O) groups excluding carboxylic acids is 1. The number of aryl methyl sites for hydroxylation is 1. The number of rotatable bonds is 4. The maximum Gasteiger partial charge on any atom is 0.272 e. The minimum Gasteiger partial charge on any atom is -0.340 e. The molecule has 1 amide bonds. The lowest BCUT2D eigenvalue weighted by Gasteiger charge is -2.22. The third-order valence-corrected chi connectivity index (χ3v) is 5.71. The maximum absolute atomic E-state index is 13.1. The lowest BCUT2D eigenvalue weighted by molar-refractivity contribution is 0.0915. The second-order valence-corrected chi connectivity index (χ2v) is 7.93. The normalized spacial score (nSPS) is 17.9. The summed E-state index contributed by atoms with van der Waals surface area (Å²) < 4.78 is 4.04. The van der Waals surface area contributed by atoms with Gasteiger partial charge < -0.3 is 15.2 Å². The van der Waals surface area contributed by atoms with Gasteiger partial charge in [-0.15, -0.1) is 10.2 Å². The summed E-state index contributed by atoms with van der Waals surface area (Å²) in [5, 5.41) is 20.0. The molecule has 0 spiro atoms. The van der Waals surface area contributed by atoms with E-state index in [4.69, 9.17) is 0 Å². The van der Waals surface area contributed by atoms with Gasteiger partial charge in [-0.05, 0) is 31.6 Å². The van der Waals surface area contributed by atoms with Crippen molar-refractivity contribution in [1.82, 2.24) is 35.2 Å². The molecule has 0 radical (unpaired) electrons. The molecule has 1 aliphatic carbocycles. The first-order valence-corrected chi connectivity index (χ1v) is 10.0. The van der Waals surface area contributed by atoms with Gasteiger partial charge in [0.15, 0.2) is 11.5 Å². The molecule has 0 aromatic carbocycles. The monoisotopic (exact) mass is 371 g/mol. The number of nitrogens with zero attached hydrogens (tertiary/aromatic N) is 5. The number of carbonyl (C=O) groups is 1. The van der Waals surface area contributed by atoms with E-state index in [2.05, 4.69) is 44.3 Å². The van der Waals surface area contributed by atoms with Gasteiger partial charge in [0.1, 0.15) is 5.82 Å². The van der Waals surface area contributed by atoms with Crippen molar-refractivity contribution in [2.24, 2.45) is 13.0 Å². The van der Waals surface area contributed by atoms with Gasteiger partial charge in [-0.25, -0.2) is 0 Å². The second-order valence-electron chi connectivity index (χ2n) is 7.93. The van der Waals surface area contributed by atoms with Gasteiger partial charge in [0, 0.05) is 44.4 Å². The van der Waals surface area contributed by atoms with E-state index < -0.39 is 0 Å². The van der Waals surface area contributed by atoms with Crippen molar-refractivity contribution in [3.8, 4) is 0 Å². The van der Waals surface area contributed by atoms with E-state index in [1.54, 1.807) is 0 Å². The fourth-order valence-corrected chi connectivity index (χ4v) is 4.22. The third-order valence-electron chi connectivity index (χ3n) is 5.71. The zero-order valence-corrected chi connectivity index (χ0v) is 16.5. The summed E-state index contributed by atoms with van der Waals surface area (Å²) in [5.74, 6) is 1.95. The third kappa shape index (κ3) is 3.38. The molecule has 146 valence electrons. The highest BCUT2D eigenvalue weighted by atomic mass is 16.2. The smallest absolute Gasteiger partial charge is 0.272 e. The first kappa shape index (κ1) is 18.2. The molecule has 4 rings (SSSR count). The van der Waals surface area contributed by atoms with Crippen LogP contribution in [-0.2, 0) is 32.9 Å². The predicted molar refractivity (Wildman–Crippen MR) is 101 cm³/mol. The van der Waals surface area contributed by atoms with Gasteiger partial charge in [0.2, 0.25) is 0 Å². The standard InChI is InChI=1S/C19H29N7O/c1-12(2)16(18-23-22-15-8-9-20-10-11-26(15)18)21-19(27)17-13-6-4-5-7-14(13)25(3)24-17/h12,16,20H,4-11H2,1-3H3,(H,21,27)/t16-/m0/s1. The number of hydrogen-bond donors (Lipinski definition) is 2. The van der Waals surface area contributed by atoms with E-state index in [1.807, 2.05) is 11.7 Å². The van der Waals surface area contributed by atoms with Crippen molar-refractivity contribution in [3.05, 3.63) is 28.6 Å². The first-order chi connectivity index (χ1) is 13.1. The molecule has 0 saturated carbocycles. The van der Waals surface area contributed by atoms with Gasteiger partial charge in [-0.3, -0.25) is 9.48 Å². The Balaban J connectivity index is 1.62. The van der Waals surface area contributed by atoms with Crippen LogP contribution in [0.4, 0.5) is 0 Å². The van der Waals surface area contributed by atoms with Crippen LogP contribution in [0.3, 0.4) is 0 Å². The maximum atomic E-state index is 13.1. The van der Waals surface area contributed by atoms with E-state index in [9.17, 15) is 4.79 Å². The topological polar surface area (TPSA) is 89.7 Å². The Hall–Kier alpha value is -2.22. The SMILES string of the molecule is CC(C)[C@H](NC(=O)c1nn(C)c2c1CCCC2)c1nnc2n1CCNCC2. The average molecular weight is 371 g/mol. The van der Waals surface area contributed by atoms with E-state index in [0.717, 1.165) is 62.5 Å². The summed E-state index contributed by atoms with van der Waals surface area (Å²) in [6.07, 6.45) is 5.09. The van der Waals surface area contributed by atoms with Gasteiger partial charge in [-0.1, -0.05) is 13.8 Å². The van der Waals surface area contributed by atoms with Crippen molar-refractivity contribution in [2.45, 2.75) is 58.5 Å². The Labute approximate surface area is 159 Å². The van der Waals surface area contributed by atoms with Crippen LogP contribution in [-0.4, -0.2) is 43.5 Å². The number of nitrogens with one attached hydrogen (secondary N) is 2. The van der Waals surface area contributed by atoms with Crippen LogP contribution in [0.5, 0.6) is 0 Å². The number of aromatic nitrogens is 5. The van der Waals surface area contributed by atoms with Gasteiger partial charge in [0.05, 0.1) is 6.04 Å². The van der Waals surface area contributed by atoms with Crippen molar-refractivity contribution < 1.29 is 4.79 Å². The molecule has 27 heavy (non-hydrogen) atoms. The molecule has 2 N–H and O–H groups in total. The molecule has 0 bridgehead atoms. The van der Waals surface area contributed by atoms with Crippen molar-refractivity contribution in [1.29, 1.82) is 0 Å². The number of hydrogen-bond acceptors (Lipinski definition) is 5. The molecule has 8 nitrogen and oxygen atoms in total. The van der Waals surface area contributed by atoms with Crippen LogP contribution < -0.4 is 10.6 Å². The van der Waals surface area contributed by atoms with E-state index in [0.29, 0.717) is 5.69 Å². The van der Waals surface area contributed by atoms with Gasteiger partial charge in [0.25, 0.3) is 5.91 Å². The van der Waals surface area contributed by atoms with Crippen molar-refractivity contribution >= 4 is 5.91 Å². The zero-order valence-electron chi connectivity index (χ0n) is 16.5. The number of fused-ring (bicyclic) bond motifs is 2. The van der Waals surface area contributed by atoms with Crippen LogP contribution in [0.25, 0.3) is 0 Å². The molecule has 0 saturated heterocycles. The summed E-state index contributed by atoms with van der Waals surface area (Å²) >= 11 is 0. The highest BCUT2D eigenvalue weighted by Gasteiger charge is 2.30. The Morgan fingerprint density at radius 2 is 1.96 bits per heavy atom. The molecule has 8 heteroatoms. The zero-order chi connectivity index (χ0) is 19.0. The van der Waals surface area contributed by atoms with Crippen LogP contribution in [0.15, 0.2) is 0 Å². The van der Waals surface area contributed by atoms with Crippen molar-refractivity contribution in [2.75, 3.05) is 13.1 Å². The predicted octanol–water partition coefficient (Wildman–Crippen LogP) is 1.16. The summed E-state index contributed by atoms with van der Waals surface area (Å²) in [6.45, 7) is 6.85. The van der Waals surface area contributed by atoms with Crippen LogP contribution in [0.2, 0.25) is 0 Å². The summed E-state index contributed by atoms with van der Waals surface area (Å²) in [7, 11) is 1.94. The van der Waals surface area contributed by atoms with E-state index in [-0.39, 0.29) is 17.9 Å². The molecule has 1 atom stereocenters. The average Bonchev–Trinajstić information content (AvgIpc) is 3.12. The van der Waals surface area contributed by atoms with Crippen LogP contribution in [0.1, 0.15) is 66.1 Å². The molecular formula is C19H29N7O. The lowest BCUT2D eigenvalue weighted by Crippen LogP contribution is -2.35. The Bertz CT molecular complexity index is 835. The fourth-order valence-electron chi connectivity index (χ4n) is 4.22. The summed E-state index contributed by atoms with van der Waals surface area (Å²) in [4.78, 5) is 13.1. The Kier molecular flexibility index (Phi) is 4.99. The van der Waals surface area contributed by atoms with Crippen molar-refractivity contribution in [3.63, 3.8) is 0 Å². The lowest BCUT2D eigenvalue weighted by atomic mass is 9.95. The molecule has 2 aliphatic rings. The molecular weight excluding hydrogens is 342 g/mol. The first-order valence-electron chi connectivity index (χ1n) is 10.0. The molecule has 1 aliphatic heterocycles. The fraction of sp³-hybridized carbons (Fsp3) is 0.684. The van der Waals surface area contributed by atoms with Gasteiger partial charge >= 0.3 is 0 Å². The van der Waals surface area contributed by atoms with Crippen LogP contribution in [0, 0.1) is 5.92 Å². The van der Waals surface area contributed by atoms with Crippen LogP contribution >= 0.6 is 0 Å². The molecule has 2 aromatic heterocycles. The molecule has 0 unspecified atom stereocenters. The molecule has 3 heterocycles.